The van der Waals surface area contributed by atoms with E-state index in [1.807, 2.05) is 18.2 Å². The van der Waals surface area contributed by atoms with Crippen molar-refractivity contribution in [2.45, 2.75) is 11.4 Å². The van der Waals surface area contributed by atoms with Crippen molar-refractivity contribution in [2.24, 2.45) is 0 Å². The van der Waals surface area contributed by atoms with Crippen molar-refractivity contribution in [3.63, 3.8) is 0 Å². The van der Waals surface area contributed by atoms with Gasteiger partial charge in [-0.3, -0.25) is 9.69 Å². The first-order valence-corrected chi connectivity index (χ1v) is 12.7. The minimum absolute atomic E-state index is 0.108. The molecule has 3 aromatic carbocycles. The van der Waals surface area contributed by atoms with Gasteiger partial charge in [0.15, 0.2) is 0 Å². The molecule has 1 heterocycles. The monoisotopic (exact) mass is 499 g/mol. The van der Waals surface area contributed by atoms with Crippen LogP contribution in [0.15, 0.2) is 77.7 Å². The lowest BCUT2D eigenvalue weighted by molar-refractivity contribution is 0.102. The summed E-state index contributed by atoms with van der Waals surface area (Å²) in [5, 5.41) is 3.27. The van der Waals surface area contributed by atoms with E-state index in [1.165, 1.54) is 29.1 Å². The Balaban J connectivity index is 1.47. The number of halogens is 1. The lowest BCUT2D eigenvalue weighted by Crippen LogP contribution is -2.48. The van der Waals surface area contributed by atoms with Crippen LogP contribution < -0.4 is 10.1 Å². The van der Waals surface area contributed by atoms with E-state index in [0.29, 0.717) is 42.5 Å². The molecule has 7 nitrogen and oxygen atoms in total. The molecule has 1 fully saturated rings. The molecule has 34 heavy (non-hydrogen) atoms. The number of hydrogen-bond donors (Lipinski definition) is 1. The highest BCUT2D eigenvalue weighted by atomic mass is 35.5. The van der Waals surface area contributed by atoms with E-state index in [9.17, 15) is 13.2 Å². The first kappa shape index (κ1) is 24.2. The molecule has 9 heteroatoms. The lowest BCUT2D eigenvalue weighted by atomic mass is 10.2. The highest BCUT2D eigenvalue weighted by Gasteiger charge is 2.29. The van der Waals surface area contributed by atoms with E-state index in [1.54, 1.807) is 30.3 Å². The molecule has 0 unspecified atom stereocenters. The van der Waals surface area contributed by atoms with Crippen molar-refractivity contribution < 1.29 is 17.9 Å². The van der Waals surface area contributed by atoms with Crippen LogP contribution in [0.4, 0.5) is 5.69 Å². The molecular formula is C25H26ClN3O4S. The van der Waals surface area contributed by atoms with Gasteiger partial charge in [-0.1, -0.05) is 41.9 Å². The number of nitrogens with zero attached hydrogens (tertiary/aromatic N) is 2. The summed E-state index contributed by atoms with van der Waals surface area (Å²) in [6.45, 7) is 2.87. The summed E-state index contributed by atoms with van der Waals surface area (Å²) in [5.74, 6) is -0.0204. The van der Waals surface area contributed by atoms with Gasteiger partial charge in [-0.25, -0.2) is 8.42 Å². The molecule has 0 saturated carbocycles. The average Bonchev–Trinajstić information content (AvgIpc) is 2.85. The van der Waals surface area contributed by atoms with Gasteiger partial charge in [0.1, 0.15) is 5.75 Å². The Labute approximate surface area is 205 Å². The lowest BCUT2D eigenvalue weighted by Gasteiger charge is -2.34. The fraction of sp³-hybridized carbons (Fsp3) is 0.240. The van der Waals surface area contributed by atoms with Gasteiger partial charge >= 0.3 is 0 Å². The predicted octanol–water partition coefficient (Wildman–Crippen LogP) is 4.11. The number of anilines is 1. The number of carbonyl (C=O) groups is 1. The maximum atomic E-state index is 13.3. The van der Waals surface area contributed by atoms with Crippen molar-refractivity contribution >= 4 is 33.2 Å². The molecule has 0 radical (unpaired) electrons. The van der Waals surface area contributed by atoms with Crippen molar-refractivity contribution in [2.75, 3.05) is 38.6 Å². The molecule has 178 valence electrons. The second-order valence-corrected chi connectivity index (χ2v) is 10.4. The normalized spacial score (nSPS) is 15.1. The Bertz CT molecular complexity index is 1240. The molecule has 1 N–H and O–H groups in total. The van der Waals surface area contributed by atoms with Gasteiger partial charge in [-0.15, -0.1) is 0 Å². The molecule has 1 aliphatic rings. The minimum atomic E-state index is -3.73. The van der Waals surface area contributed by atoms with Crippen molar-refractivity contribution in [3.05, 3.63) is 88.9 Å². The number of benzene rings is 3. The highest BCUT2D eigenvalue weighted by Crippen LogP contribution is 2.30. The average molecular weight is 500 g/mol. The molecule has 0 aromatic heterocycles. The Morgan fingerprint density at radius 3 is 2.29 bits per heavy atom. The number of carbonyl (C=O) groups excluding carboxylic acids is 1. The summed E-state index contributed by atoms with van der Waals surface area (Å²) < 4.78 is 33.5. The van der Waals surface area contributed by atoms with Crippen LogP contribution in [0, 0.1) is 0 Å². The molecular weight excluding hydrogens is 474 g/mol. The zero-order valence-corrected chi connectivity index (χ0v) is 20.3. The minimum Gasteiger partial charge on any atom is -0.495 e. The second kappa shape index (κ2) is 10.6. The van der Waals surface area contributed by atoms with Crippen LogP contribution in [0.2, 0.25) is 5.02 Å². The second-order valence-electron chi connectivity index (χ2n) is 7.99. The zero-order chi connectivity index (χ0) is 24.1. The molecule has 1 saturated heterocycles. The van der Waals surface area contributed by atoms with Gasteiger partial charge in [-0.2, -0.15) is 4.31 Å². The number of methoxy groups -OCH3 is 1. The summed E-state index contributed by atoms with van der Waals surface area (Å²) in [6.07, 6.45) is 0. The van der Waals surface area contributed by atoms with Gasteiger partial charge in [0.05, 0.1) is 17.7 Å². The third-order valence-corrected chi connectivity index (χ3v) is 7.89. The molecule has 0 spiro atoms. The summed E-state index contributed by atoms with van der Waals surface area (Å²) >= 11 is 5.89. The van der Waals surface area contributed by atoms with Crippen molar-refractivity contribution in [1.82, 2.24) is 9.21 Å². The SMILES string of the molecule is COc1ccc(S(=O)(=O)N2CCN(Cc3ccccc3)CC2)cc1NC(=O)c1ccc(Cl)cc1. The maximum absolute atomic E-state index is 13.3. The quantitative estimate of drug-likeness (QED) is 0.529. The van der Waals surface area contributed by atoms with E-state index >= 15 is 0 Å². The van der Waals surface area contributed by atoms with Gasteiger partial charge < -0.3 is 10.1 Å². The first-order chi connectivity index (χ1) is 16.4. The van der Waals surface area contributed by atoms with Crippen LogP contribution in [0.25, 0.3) is 0 Å². The number of amides is 1. The number of sulfonamides is 1. The number of hydrogen-bond acceptors (Lipinski definition) is 5. The van der Waals surface area contributed by atoms with Gasteiger partial charge in [-0.05, 0) is 48.0 Å². The van der Waals surface area contributed by atoms with Crippen LogP contribution in [0.5, 0.6) is 5.75 Å². The fourth-order valence-electron chi connectivity index (χ4n) is 3.86. The van der Waals surface area contributed by atoms with E-state index in [4.69, 9.17) is 16.3 Å². The van der Waals surface area contributed by atoms with Crippen LogP contribution in [0.1, 0.15) is 15.9 Å². The third-order valence-electron chi connectivity index (χ3n) is 5.74. The van der Waals surface area contributed by atoms with Crippen LogP contribution in [-0.4, -0.2) is 56.8 Å². The largest absolute Gasteiger partial charge is 0.495 e. The van der Waals surface area contributed by atoms with Crippen molar-refractivity contribution in [1.29, 1.82) is 0 Å². The van der Waals surface area contributed by atoms with Gasteiger partial charge in [0.25, 0.3) is 5.91 Å². The first-order valence-electron chi connectivity index (χ1n) is 10.9. The molecule has 3 aromatic rings. The standard InChI is InChI=1S/C25H26ClN3O4S/c1-33-24-12-11-22(17-23(24)27-25(30)20-7-9-21(26)10-8-20)34(31,32)29-15-13-28(14-16-29)18-19-5-3-2-4-6-19/h2-12,17H,13-16,18H2,1H3,(H,27,30). The smallest absolute Gasteiger partial charge is 0.255 e. The number of nitrogens with one attached hydrogen (secondary N) is 1. The third kappa shape index (κ3) is 5.59. The number of rotatable bonds is 7. The summed E-state index contributed by atoms with van der Waals surface area (Å²) in [6, 6.07) is 21.1. The van der Waals surface area contributed by atoms with E-state index in [-0.39, 0.29) is 16.5 Å². The van der Waals surface area contributed by atoms with Crippen LogP contribution in [-0.2, 0) is 16.6 Å². The Morgan fingerprint density at radius 2 is 1.65 bits per heavy atom. The summed E-state index contributed by atoms with van der Waals surface area (Å²) in [7, 11) is -2.26. The molecule has 4 rings (SSSR count). The molecule has 0 bridgehead atoms. The van der Waals surface area contributed by atoms with Crippen LogP contribution in [0.3, 0.4) is 0 Å². The number of piperazine rings is 1. The van der Waals surface area contributed by atoms with Gasteiger partial charge in [0.2, 0.25) is 10.0 Å². The predicted molar refractivity (Wildman–Crippen MR) is 133 cm³/mol. The summed E-state index contributed by atoms with van der Waals surface area (Å²) in [4.78, 5) is 15.0. The molecule has 1 amide bonds. The molecule has 0 aliphatic carbocycles. The summed E-state index contributed by atoms with van der Waals surface area (Å²) in [5.41, 5.74) is 1.88. The topological polar surface area (TPSA) is 79.0 Å². The highest BCUT2D eigenvalue weighted by molar-refractivity contribution is 7.89. The Kier molecular flexibility index (Phi) is 7.53. The Morgan fingerprint density at radius 1 is 0.971 bits per heavy atom. The molecule has 1 aliphatic heterocycles. The van der Waals surface area contributed by atoms with E-state index < -0.39 is 10.0 Å². The van der Waals surface area contributed by atoms with Gasteiger partial charge in [0, 0.05) is 43.3 Å². The van der Waals surface area contributed by atoms with E-state index in [0.717, 1.165) is 6.54 Å². The maximum Gasteiger partial charge on any atom is 0.255 e. The zero-order valence-electron chi connectivity index (χ0n) is 18.8. The number of ether oxygens (including phenoxy) is 1. The Hall–Kier alpha value is -2.91. The fourth-order valence-corrected chi connectivity index (χ4v) is 5.43. The molecule has 0 atom stereocenters. The van der Waals surface area contributed by atoms with E-state index in [2.05, 4.69) is 22.3 Å². The van der Waals surface area contributed by atoms with Crippen molar-refractivity contribution in [3.8, 4) is 5.75 Å². The van der Waals surface area contributed by atoms with Crippen LogP contribution >= 0.6 is 11.6 Å².